The van der Waals surface area contributed by atoms with E-state index in [4.69, 9.17) is 0 Å². The van der Waals surface area contributed by atoms with Crippen molar-refractivity contribution in [1.29, 1.82) is 0 Å². The first-order chi connectivity index (χ1) is 14.8. The number of hydrogen-bond donors (Lipinski definition) is 2. The van der Waals surface area contributed by atoms with Gasteiger partial charge in [0.05, 0.1) is 12.2 Å². The van der Waals surface area contributed by atoms with Gasteiger partial charge in [-0.3, -0.25) is 4.98 Å². The number of nitrogens with one attached hydrogen (secondary N) is 2. The summed E-state index contributed by atoms with van der Waals surface area (Å²) in [6, 6.07) is 19.4. The van der Waals surface area contributed by atoms with Gasteiger partial charge >= 0.3 is 6.03 Å². The van der Waals surface area contributed by atoms with E-state index in [-0.39, 0.29) is 12.1 Å². The topological polar surface area (TPSA) is 84.7 Å². The third-order valence-electron chi connectivity index (χ3n) is 4.69. The van der Waals surface area contributed by atoms with E-state index in [0.29, 0.717) is 18.8 Å². The lowest BCUT2D eigenvalue weighted by Gasteiger charge is -2.20. The number of nitrogens with zero attached hydrogens (tertiary/aromatic N) is 4. The zero-order valence-electron chi connectivity index (χ0n) is 16.3. The second kappa shape index (κ2) is 9.47. The molecule has 4 rings (SSSR count). The Labute approximate surface area is 174 Å². The predicted molar refractivity (Wildman–Crippen MR) is 115 cm³/mol. The highest BCUT2D eigenvalue weighted by Gasteiger charge is 2.16. The minimum absolute atomic E-state index is 0.226. The van der Waals surface area contributed by atoms with Gasteiger partial charge in [0.25, 0.3) is 0 Å². The molecule has 2 amide bonds. The fourth-order valence-corrected chi connectivity index (χ4v) is 3.26. The van der Waals surface area contributed by atoms with Crippen molar-refractivity contribution >= 4 is 6.03 Å². The fourth-order valence-electron chi connectivity index (χ4n) is 3.26. The van der Waals surface area contributed by atoms with Gasteiger partial charge in [-0.25, -0.2) is 14.8 Å². The third-order valence-corrected chi connectivity index (χ3v) is 4.69. The lowest BCUT2D eigenvalue weighted by molar-refractivity contribution is 0.238. The molecule has 0 unspecified atom stereocenters. The highest BCUT2D eigenvalue weighted by atomic mass is 16.2. The molecule has 0 aliphatic rings. The smallest absolute Gasteiger partial charge is 0.315 e. The molecule has 4 aromatic rings. The average Bonchev–Trinajstić information content (AvgIpc) is 3.28. The minimum atomic E-state index is -0.228. The van der Waals surface area contributed by atoms with E-state index >= 15 is 0 Å². The molecule has 2 heterocycles. The van der Waals surface area contributed by atoms with Crippen molar-refractivity contribution in [3.8, 4) is 11.5 Å². The summed E-state index contributed by atoms with van der Waals surface area (Å²) in [6.07, 6.45) is 8.50. The van der Waals surface area contributed by atoms with E-state index in [1.54, 1.807) is 24.8 Å². The molecule has 150 valence electrons. The van der Waals surface area contributed by atoms with Crippen LogP contribution in [0.3, 0.4) is 0 Å². The van der Waals surface area contributed by atoms with Crippen LogP contribution < -0.4 is 10.6 Å². The van der Waals surface area contributed by atoms with Crippen LogP contribution >= 0.6 is 0 Å². The van der Waals surface area contributed by atoms with Crippen molar-refractivity contribution in [2.24, 2.45) is 0 Å². The summed E-state index contributed by atoms with van der Waals surface area (Å²) in [5.74, 6) is 0.719. The van der Waals surface area contributed by atoms with Gasteiger partial charge in [0.2, 0.25) is 0 Å². The van der Waals surface area contributed by atoms with Gasteiger partial charge in [0, 0.05) is 37.9 Å². The number of amides is 2. The molecule has 0 radical (unpaired) electrons. The first kappa shape index (κ1) is 19.3. The summed E-state index contributed by atoms with van der Waals surface area (Å²) in [7, 11) is 0. The van der Waals surface area contributed by atoms with Gasteiger partial charge in [-0.05, 0) is 11.1 Å². The molecule has 0 saturated heterocycles. The average molecular weight is 398 g/mol. The van der Waals surface area contributed by atoms with Gasteiger partial charge in [-0.1, -0.05) is 60.7 Å². The Morgan fingerprint density at radius 2 is 1.60 bits per heavy atom. The quantitative estimate of drug-likeness (QED) is 0.500. The van der Waals surface area contributed by atoms with Crippen LogP contribution in [0.5, 0.6) is 0 Å². The molecule has 7 heteroatoms. The Kier molecular flexibility index (Phi) is 6.10. The van der Waals surface area contributed by atoms with Crippen LogP contribution in [0.1, 0.15) is 17.2 Å². The van der Waals surface area contributed by atoms with Crippen LogP contribution in [0.2, 0.25) is 0 Å². The monoisotopic (exact) mass is 398 g/mol. The van der Waals surface area contributed by atoms with E-state index in [9.17, 15) is 4.79 Å². The number of hydrogen-bond acceptors (Lipinski definition) is 4. The van der Waals surface area contributed by atoms with E-state index in [1.165, 1.54) is 0 Å². The van der Waals surface area contributed by atoms with Crippen LogP contribution in [-0.2, 0) is 6.54 Å². The molecule has 7 nitrogen and oxygen atoms in total. The number of urea groups is 1. The van der Waals surface area contributed by atoms with E-state index in [0.717, 1.165) is 17.0 Å². The van der Waals surface area contributed by atoms with E-state index < -0.39 is 0 Å². The Hall–Kier alpha value is -4.00. The van der Waals surface area contributed by atoms with Crippen LogP contribution in [0, 0.1) is 0 Å². The lowest BCUT2D eigenvalue weighted by atomic mass is 9.99. The molecular weight excluding hydrogens is 376 g/mol. The van der Waals surface area contributed by atoms with Gasteiger partial charge in [0.1, 0.15) is 5.69 Å². The highest BCUT2D eigenvalue weighted by Crippen LogP contribution is 2.21. The molecule has 0 aliphatic carbocycles. The second-order valence-corrected chi connectivity index (χ2v) is 6.69. The Balaban J connectivity index is 1.39. The van der Waals surface area contributed by atoms with Gasteiger partial charge in [0.15, 0.2) is 5.82 Å². The summed E-state index contributed by atoms with van der Waals surface area (Å²) < 4.78 is 1.94. The van der Waals surface area contributed by atoms with Crippen molar-refractivity contribution in [2.75, 3.05) is 6.54 Å². The first-order valence-electron chi connectivity index (χ1n) is 9.73. The standard InChI is InChI=1S/C23H22N6O/c30-23(27-14-16-29-15-13-26-22(29)20-17-24-11-12-25-20)28-21(18-7-3-1-4-8-18)19-9-5-2-6-10-19/h1-13,15,17,21H,14,16H2,(H2,27,28,30). The van der Waals surface area contributed by atoms with Gasteiger partial charge in [-0.2, -0.15) is 0 Å². The van der Waals surface area contributed by atoms with Crippen LogP contribution in [0.15, 0.2) is 91.6 Å². The van der Waals surface area contributed by atoms with Gasteiger partial charge in [-0.15, -0.1) is 0 Å². The Morgan fingerprint density at radius 1 is 0.900 bits per heavy atom. The molecule has 0 aliphatic heterocycles. The summed E-state index contributed by atoms with van der Waals surface area (Å²) in [5, 5.41) is 6.01. The van der Waals surface area contributed by atoms with E-state index in [2.05, 4.69) is 25.6 Å². The predicted octanol–water partition coefficient (Wildman–Crippen LogP) is 3.43. The summed E-state index contributed by atoms with van der Waals surface area (Å²) in [5.41, 5.74) is 2.75. The van der Waals surface area contributed by atoms with Crippen molar-refractivity contribution in [3.63, 3.8) is 0 Å². The second-order valence-electron chi connectivity index (χ2n) is 6.69. The molecule has 2 N–H and O–H groups in total. The fraction of sp³-hybridized carbons (Fsp3) is 0.130. The maximum Gasteiger partial charge on any atom is 0.315 e. The summed E-state index contributed by atoms with van der Waals surface area (Å²) in [4.78, 5) is 25.3. The highest BCUT2D eigenvalue weighted by molar-refractivity contribution is 5.75. The zero-order chi connectivity index (χ0) is 20.6. The number of aromatic nitrogens is 4. The maximum atomic E-state index is 12.6. The first-order valence-corrected chi connectivity index (χ1v) is 9.73. The molecule has 2 aromatic carbocycles. The summed E-state index contributed by atoms with van der Waals surface area (Å²) in [6.45, 7) is 1.02. The Bertz CT molecular complexity index is 1030. The molecular formula is C23H22N6O. The van der Waals surface area contributed by atoms with Crippen LogP contribution in [-0.4, -0.2) is 32.1 Å². The van der Waals surface area contributed by atoms with Crippen molar-refractivity contribution < 1.29 is 4.79 Å². The van der Waals surface area contributed by atoms with Gasteiger partial charge < -0.3 is 15.2 Å². The van der Waals surface area contributed by atoms with E-state index in [1.807, 2.05) is 71.4 Å². The summed E-state index contributed by atoms with van der Waals surface area (Å²) >= 11 is 0. The SMILES string of the molecule is O=C(NCCn1ccnc1-c1cnccn1)NC(c1ccccc1)c1ccccc1. The lowest BCUT2D eigenvalue weighted by Crippen LogP contribution is -2.39. The molecule has 2 aromatic heterocycles. The number of benzene rings is 2. The molecule has 0 bridgehead atoms. The largest absolute Gasteiger partial charge is 0.336 e. The number of imidazole rings is 1. The van der Waals surface area contributed by atoms with Crippen LogP contribution in [0.4, 0.5) is 4.79 Å². The third kappa shape index (κ3) is 4.70. The number of rotatable bonds is 7. The molecule has 0 saturated carbocycles. The molecule has 0 fully saturated rings. The van der Waals surface area contributed by atoms with Crippen molar-refractivity contribution in [2.45, 2.75) is 12.6 Å². The zero-order valence-corrected chi connectivity index (χ0v) is 16.3. The minimum Gasteiger partial charge on any atom is -0.336 e. The molecule has 0 atom stereocenters. The number of carbonyl (C=O) groups is 1. The number of carbonyl (C=O) groups excluding carboxylic acids is 1. The van der Waals surface area contributed by atoms with Crippen molar-refractivity contribution in [1.82, 2.24) is 30.2 Å². The van der Waals surface area contributed by atoms with Crippen molar-refractivity contribution in [3.05, 3.63) is 103 Å². The van der Waals surface area contributed by atoms with Crippen LogP contribution in [0.25, 0.3) is 11.5 Å². The molecule has 30 heavy (non-hydrogen) atoms. The Morgan fingerprint density at radius 3 is 2.23 bits per heavy atom. The normalized spacial score (nSPS) is 10.7. The maximum absolute atomic E-state index is 12.6. The molecule has 0 spiro atoms.